The van der Waals surface area contributed by atoms with Crippen molar-refractivity contribution in [2.24, 2.45) is 0 Å². The molecule has 0 spiro atoms. The summed E-state index contributed by atoms with van der Waals surface area (Å²) in [5, 5.41) is 15.5. The zero-order chi connectivity index (χ0) is 19.5. The molecule has 0 unspecified atom stereocenters. The normalized spacial score (nSPS) is 14.5. The molecule has 0 bridgehead atoms. The Hall–Kier alpha value is -2.88. The van der Waals surface area contributed by atoms with Crippen LogP contribution >= 0.6 is 11.8 Å². The van der Waals surface area contributed by atoms with Gasteiger partial charge in [-0.25, -0.2) is 13.7 Å². The highest BCUT2D eigenvalue weighted by atomic mass is 32.2. The third-order valence-electron chi connectivity index (χ3n) is 4.72. The molecule has 3 N–H and O–H groups in total. The quantitative estimate of drug-likeness (QED) is 0.486. The molecule has 0 saturated heterocycles. The number of nitrogens with zero attached hydrogens (tertiary/aromatic N) is 5. The summed E-state index contributed by atoms with van der Waals surface area (Å²) in [5.41, 5.74) is 0.259. The van der Waals surface area contributed by atoms with Gasteiger partial charge in [0.1, 0.15) is 11.6 Å². The molecule has 0 aliphatic heterocycles. The van der Waals surface area contributed by atoms with E-state index in [1.54, 1.807) is 30.5 Å². The summed E-state index contributed by atoms with van der Waals surface area (Å²) >= 11 is 1.14. The van der Waals surface area contributed by atoms with Crippen molar-refractivity contribution in [1.29, 1.82) is 0 Å². The molecule has 0 radical (unpaired) electrons. The zero-order valence-corrected chi connectivity index (χ0v) is 15.9. The van der Waals surface area contributed by atoms with E-state index in [0.717, 1.165) is 24.6 Å². The predicted octanol–water partition coefficient (Wildman–Crippen LogP) is 2.84. The maximum absolute atomic E-state index is 13.9. The van der Waals surface area contributed by atoms with Crippen molar-refractivity contribution in [3.63, 3.8) is 0 Å². The van der Waals surface area contributed by atoms with Crippen LogP contribution in [0, 0.1) is 5.82 Å². The second-order valence-electron chi connectivity index (χ2n) is 6.59. The maximum atomic E-state index is 13.9. The fraction of sp³-hybridized carbons (Fsp3) is 0.333. The molecule has 10 heteroatoms. The highest BCUT2D eigenvalue weighted by Crippen LogP contribution is 2.31. The maximum Gasteiger partial charge on any atom is 0.235 e. The summed E-state index contributed by atoms with van der Waals surface area (Å²) in [6, 6.07) is 8.33. The lowest BCUT2D eigenvalue weighted by Gasteiger charge is -2.14. The van der Waals surface area contributed by atoms with Gasteiger partial charge in [-0.2, -0.15) is 5.10 Å². The van der Waals surface area contributed by atoms with Crippen LogP contribution in [-0.4, -0.2) is 36.3 Å². The third-order valence-corrected chi connectivity index (χ3v) is 5.66. The Bertz CT molecular complexity index is 980. The summed E-state index contributed by atoms with van der Waals surface area (Å²) in [6.07, 6.45) is 6.22. The lowest BCUT2D eigenvalue weighted by molar-refractivity contribution is -0.113. The van der Waals surface area contributed by atoms with Crippen molar-refractivity contribution < 1.29 is 9.18 Å². The number of benzene rings is 1. The lowest BCUT2D eigenvalue weighted by atomic mass is 10.2. The van der Waals surface area contributed by atoms with Gasteiger partial charge in [0.2, 0.25) is 11.1 Å². The molecule has 28 heavy (non-hydrogen) atoms. The van der Waals surface area contributed by atoms with Crippen LogP contribution in [0.2, 0.25) is 0 Å². The number of nitrogens with one attached hydrogen (secondary N) is 1. The van der Waals surface area contributed by atoms with Gasteiger partial charge in [0.15, 0.2) is 5.82 Å². The van der Waals surface area contributed by atoms with Gasteiger partial charge in [-0.3, -0.25) is 4.79 Å². The van der Waals surface area contributed by atoms with Crippen molar-refractivity contribution in [3.8, 4) is 11.4 Å². The van der Waals surface area contributed by atoms with E-state index in [1.165, 1.54) is 23.6 Å². The molecule has 2 aromatic heterocycles. The van der Waals surface area contributed by atoms with E-state index < -0.39 is 5.82 Å². The number of hydrogen-bond donors (Lipinski definition) is 2. The molecule has 1 aliphatic rings. The van der Waals surface area contributed by atoms with Crippen LogP contribution in [0.15, 0.2) is 41.7 Å². The Morgan fingerprint density at radius 3 is 2.82 bits per heavy atom. The van der Waals surface area contributed by atoms with Crippen molar-refractivity contribution >= 4 is 23.5 Å². The van der Waals surface area contributed by atoms with Crippen molar-refractivity contribution in [2.45, 2.75) is 36.9 Å². The van der Waals surface area contributed by atoms with Crippen LogP contribution < -0.4 is 11.2 Å². The molecule has 2 heterocycles. The Kier molecular flexibility index (Phi) is 5.29. The molecule has 1 amide bonds. The molecular weight excluding hydrogens is 381 g/mol. The van der Waals surface area contributed by atoms with Gasteiger partial charge in [0.25, 0.3) is 0 Å². The summed E-state index contributed by atoms with van der Waals surface area (Å²) in [4.78, 5) is 12.4. The number of nitrogens with two attached hydrogens (primary N) is 1. The molecule has 146 valence electrons. The second-order valence-corrected chi connectivity index (χ2v) is 7.53. The van der Waals surface area contributed by atoms with E-state index >= 15 is 0 Å². The Balaban J connectivity index is 1.40. The first kappa shape index (κ1) is 18.5. The standard InChI is InChI=1S/C18H20FN7OS/c19-14-8-4-3-7-13(14)17-23-24-18(25(17)20)28-11-16(27)22-15-9-10-21-26(15)12-5-1-2-6-12/h3-4,7-10,12H,1-2,5-6,11,20H2,(H,22,27). The number of halogens is 1. The van der Waals surface area contributed by atoms with Crippen LogP contribution in [0.4, 0.5) is 10.2 Å². The van der Waals surface area contributed by atoms with Gasteiger partial charge in [0.05, 0.1) is 23.6 Å². The van der Waals surface area contributed by atoms with Crippen molar-refractivity contribution in [1.82, 2.24) is 24.7 Å². The van der Waals surface area contributed by atoms with Gasteiger partial charge in [-0.1, -0.05) is 36.7 Å². The van der Waals surface area contributed by atoms with Gasteiger partial charge < -0.3 is 11.2 Å². The SMILES string of the molecule is Nn1c(SCC(=O)Nc2ccnn2C2CCCC2)nnc1-c1ccccc1F. The number of anilines is 1. The van der Waals surface area contributed by atoms with E-state index in [1.807, 2.05) is 4.68 Å². The Morgan fingerprint density at radius 2 is 2.04 bits per heavy atom. The number of nitrogen functional groups attached to an aromatic ring is 1. The molecule has 1 saturated carbocycles. The highest BCUT2D eigenvalue weighted by Gasteiger charge is 2.21. The van der Waals surface area contributed by atoms with Crippen LogP contribution in [0.25, 0.3) is 11.4 Å². The Morgan fingerprint density at radius 1 is 1.25 bits per heavy atom. The smallest absolute Gasteiger partial charge is 0.235 e. The van der Waals surface area contributed by atoms with E-state index in [0.29, 0.717) is 17.0 Å². The summed E-state index contributed by atoms with van der Waals surface area (Å²) < 4.78 is 17.0. The number of carbonyl (C=O) groups is 1. The molecule has 1 fully saturated rings. The fourth-order valence-corrected chi connectivity index (χ4v) is 4.02. The monoisotopic (exact) mass is 401 g/mol. The average molecular weight is 401 g/mol. The lowest BCUT2D eigenvalue weighted by Crippen LogP contribution is -2.20. The Labute approximate surface area is 165 Å². The van der Waals surface area contributed by atoms with Crippen LogP contribution in [0.3, 0.4) is 0 Å². The van der Waals surface area contributed by atoms with E-state index in [4.69, 9.17) is 5.84 Å². The van der Waals surface area contributed by atoms with E-state index in [-0.39, 0.29) is 23.0 Å². The summed E-state index contributed by atoms with van der Waals surface area (Å²) in [7, 11) is 0. The molecule has 8 nitrogen and oxygen atoms in total. The number of carbonyl (C=O) groups excluding carboxylic acids is 1. The summed E-state index contributed by atoms with van der Waals surface area (Å²) in [6.45, 7) is 0. The van der Waals surface area contributed by atoms with E-state index in [9.17, 15) is 9.18 Å². The minimum atomic E-state index is -0.434. The first-order chi connectivity index (χ1) is 13.6. The number of rotatable bonds is 6. The molecule has 1 aliphatic carbocycles. The number of hydrogen-bond acceptors (Lipinski definition) is 6. The minimum absolute atomic E-state index is 0.0997. The predicted molar refractivity (Wildman–Crippen MR) is 105 cm³/mol. The third kappa shape index (κ3) is 3.72. The van der Waals surface area contributed by atoms with Crippen molar-refractivity contribution in [2.75, 3.05) is 16.9 Å². The molecule has 0 atom stereocenters. The van der Waals surface area contributed by atoms with Gasteiger partial charge >= 0.3 is 0 Å². The molecule has 1 aromatic carbocycles. The molecule has 3 aromatic rings. The van der Waals surface area contributed by atoms with Crippen molar-refractivity contribution in [3.05, 3.63) is 42.3 Å². The van der Waals surface area contributed by atoms with Gasteiger partial charge in [-0.15, -0.1) is 10.2 Å². The second kappa shape index (κ2) is 8.01. The number of aromatic nitrogens is 5. The topological polar surface area (TPSA) is 104 Å². The fourth-order valence-electron chi connectivity index (χ4n) is 3.36. The molecular formula is C18H20FN7OS. The first-order valence-electron chi connectivity index (χ1n) is 9.05. The molecule has 4 rings (SSSR count). The van der Waals surface area contributed by atoms with E-state index in [2.05, 4.69) is 20.6 Å². The van der Waals surface area contributed by atoms with Crippen LogP contribution in [-0.2, 0) is 4.79 Å². The van der Waals surface area contributed by atoms with Gasteiger partial charge in [0, 0.05) is 6.07 Å². The number of thioether (sulfide) groups is 1. The first-order valence-corrected chi connectivity index (χ1v) is 10.0. The minimum Gasteiger partial charge on any atom is -0.335 e. The number of amides is 1. The summed E-state index contributed by atoms with van der Waals surface area (Å²) in [5.74, 6) is 6.36. The average Bonchev–Trinajstić information content (AvgIpc) is 3.42. The zero-order valence-electron chi connectivity index (χ0n) is 15.1. The largest absolute Gasteiger partial charge is 0.335 e. The van der Waals surface area contributed by atoms with Gasteiger partial charge in [-0.05, 0) is 25.0 Å². The van der Waals surface area contributed by atoms with Crippen LogP contribution in [0.1, 0.15) is 31.7 Å². The van der Waals surface area contributed by atoms with Crippen LogP contribution in [0.5, 0.6) is 0 Å². The highest BCUT2D eigenvalue weighted by molar-refractivity contribution is 7.99.